The van der Waals surface area contributed by atoms with Crippen molar-refractivity contribution in [1.82, 2.24) is 4.31 Å². The predicted octanol–water partition coefficient (Wildman–Crippen LogP) is 3.08. The number of alkyl halides is 1. The van der Waals surface area contributed by atoms with E-state index in [-0.39, 0.29) is 22.1 Å². The molecule has 0 radical (unpaired) electrons. The Bertz CT molecular complexity index is 594. The molecule has 1 heterocycles. The van der Waals surface area contributed by atoms with Crippen LogP contribution in [0.3, 0.4) is 0 Å². The quantitative estimate of drug-likeness (QED) is 0.795. The average molecular weight is 338 g/mol. The molecule has 0 bridgehead atoms. The molecule has 20 heavy (non-hydrogen) atoms. The van der Waals surface area contributed by atoms with Crippen molar-refractivity contribution in [2.45, 2.75) is 35.9 Å². The molecule has 7 heteroatoms. The Morgan fingerprint density at radius 3 is 2.80 bits per heavy atom. The van der Waals surface area contributed by atoms with Gasteiger partial charge in [0.2, 0.25) is 10.0 Å². The molecule has 0 aliphatic carbocycles. The first kappa shape index (κ1) is 16.1. The summed E-state index contributed by atoms with van der Waals surface area (Å²) in [7, 11) is -3.82. The third-order valence-corrected chi connectivity index (χ3v) is 7.21. The number of halogens is 2. The Kier molecular flexibility index (Phi) is 5.00. The van der Waals surface area contributed by atoms with Gasteiger partial charge < -0.3 is 0 Å². The van der Waals surface area contributed by atoms with Crippen LogP contribution in [0, 0.1) is 5.82 Å². The van der Waals surface area contributed by atoms with E-state index in [0.717, 1.165) is 11.8 Å². The zero-order chi connectivity index (χ0) is 14.9. The van der Waals surface area contributed by atoms with E-state index in [2.05, 4.69) is 0 Å². The molecule has 0 saturated carbocycles. The van der Waals surface area contributed by atoms with Crippen molar-refractivity contribution < 1.29 is 12.8 Å². The van der Waals surface area contributed by atoms with E-state index < -0.39 is 15.8 Å². The van der Waals surface area contributed by atoms with Crippen LogP contribution in [0.15, 0.2) is 23.1 Å². The molecule has 2 rings (SSSR count). The third-order valence-electron chi connectivity index (χ3n) is 3.56. The van der Waals surface area contributed by atoms with Gasteiger partial charge in [0.1, 0.15) is 10.7 Å². The molecule has 1 aliphatic rings. The van der Waals surface area contributed by atoms with Crippen molar-refractivity contribution in [3.63, 3.8) is 0 Å². The molecule has 2 unspecified atom stereocenters. The lowest BCUT2D eigenvalue weighted by atomic mass is 10.2. The number of hydrogen-bond acceptors (Lipinski definition) is 3. The fourth-order valence-corrected chi connectivity index (χ4v) is 5.48. The normalized spacial score (nSPS) is 24.8. The van der Waals surface area contributed by atoms with E-state index in [1.54, 1.807) is 11.8 Å². The van der Waals surface area contributed by atoms with Gasteiger partial charge in [0.25, 0.3) is 0 Å². The second-order valence-corrected chi connectivity index (χ2v) is 8.44. The second-order valence-electron chi connectivity index (χ2n) is 4.83. The average Bonchev–Trinajstić information content (AvgIpc) is 2.42. The molecule has 0 aromatic heterocycles. The molecule has 3 nitrogen and oxygen atoms in total. The first-order valence-electron chi connectivity index (χ1n) is 6.35. The summed E-state index contributed by atoms with van der Waals surface area (Å²) in [6, 6.07) is 3.84. The highest BCUT2D eigenvalue weighted by atomic mass is 35.5. The molecule has 1 aromatic carbocycles. The van der Waals surface area contributed by atoms with Gasteiger partial charge in [-0.25, -0.2) is 12.8 Å². The number of nitrogens with zero attached hydrogens (tertiary/aromatic N) is 1. The van der Waals surface area contributed by atoms with Gasteiger partial charge in [-0.3, -0.25) is 0 Å². The lowest BCUT2D eigenvalue weighted by Crippen LogP contribution is -2.48. The molecular weight excluding hydrogens is 321 g/mol. The highest BCUT2D eigenvalue weighted by Crippen LogP contribution is 2.30. The number of thioether (sulfide) groups is 1. The SMILES string of the molecule is CC1SCCN(S(=O)(=O)c2cc(CCl)ccc2F)C1C. The number of hydrogen-bond donors (Lipinski definition) is 0. The van der Waals surface area contributed by atoms with Crippen LogP contribution >= 0.6 is 23.4 Å². The van der Waals surface area contributed by atoms with Crippen molar-refractivity contribution in [2.75, 3.05) is 12.3 Å². The summed E-state index contributed by atoms with van der Waals surface area (Å²) >= 11 is 7.44. The summed E-state index contributed by atoms with van der Waals surface area (Å²) in [5.41, 5.74) is 0.596. The molecule has 1 fully saturated rings. The predicted molar refractivity (Wildman–Crippen MR) is 81.2 cm³/mol. The Balaban J connectivity index is 2.44. The summed E-state index contributed by atoms with van der Waals surface area (Å²) in [5, 5.41) is 0.192. The van der Waals surface area contributed by atoms with E-state index in [1.165, 1.54) is 16.4 Å². The van der Waals surface area contributed by atoms with Crippen LogP contribution in [0.25, 0.3) is 0 Å². The van der Waals surface area contributed by atoms with Crippen LogP contribution in [0.1, 0.15) is 19.4 Å². The smallest absolute Gasteiger partial charge is 0.207 e. The van der Waals surface area contributed by atoms with Crippen LogP contribution < -0.4 is 0 Å². The largest absolute Gasteiger partial charge is 0.246 e. The fraction of sp³-hybridized carbons (Fsp3) is 0.538. The molecule has 1 aliphatic heterocycles. The minimum atomic E-state index is -3.82. The van der Waals surface area contributed by atoms with Crippen LogP contribution in [0.4, 0.5) is 4.39 Å². The van der Waals surface area contributed by atoms with E-state index in [1.807, 2.05) is 13.8 Å². The number of sulfonamides is 1. The summed E-state index contributed by atoms with van der Waals surface area (Å²) in [6.45, 7) is 4.25. The summed E-state index contributed by atoms with van der Waals surface area (Å²) < 4.78 is 40.7. The summed E-state index contributed by atoms with van der Waals surface area (Å²) in [6.07, 6.45) is 0. The maximum Gasteiger partial charge on any atom is 0.246 e. The topological polar surface area (TPSA) is 37.4 Å². The first-order valence-corrected chi connectivity index (χ1v) is 9.38. The van der Waals surface area contributed by atoms with Gasteiger partial charge in [0.15, 0.2) is 0 Å². The van der Waals surface area contributed by atoms with Gasteiger partial charge in [-0.2, -0.15) is 16.1 Å². The molecule has 0 spiro atoms. The van der Waals surface area contributed by atoms with E-state index in [0.29, 0.717) is 12.1 Å². The number of rotatable bonds is 3. The maximum absolute atomic E-state index is 13.9. The van der Waals surface area contributed by atoms with Gasteiger partial charge in [-0.15, -0.1) is 11.6 Å². The molecule has 1 saturated heterocycles. The lowest BCUT2D eigenvalue weighted by molar-refractivity contribution is 0.338. The Labute approximate surface area is 128 Å². The minimum absolute atomic E-state index is 0.155. The molecule has 112 valence electrons. The van der Waals surface area contributed by atoms with Gasteiger partial charge in [-0.05, 0) is 24.6 Å². The van der Waals surface area contributed by atoms with Crippen molar-refractivity contribution in [3.8, 4) is 0 Å². The van der Waals surface area contributed by atoms with Gasteiger partial charge in [0.05, 0.1) is 0 Å². The van der Waals surface area contributed by atoms with Gasteiger partial charge in [0, 0.05) is 29.5 Å². The molecule has 1 aromatic rings. The van der Waals surface area contributed by atoms with Crippen LogP contribution in [0.2, 0.25) is 0 Å². The zero-order valence-electron chi connectivity index (χ0n) is 11.3. The second kappa shape index (κ2) is 6.22. The minimum Gasteiger partial charge on any atom is -0.207 e. The molecular formula is C13H17ClFNO2S2. The van der Waals surface area contributed by atoms with E-state index in [4.69, 9.17) is 11.6 Å². The van der Waals surface area contributed by atoms with Crippen LogP contribution in [-0.2, 0) is 15.9 Å². The highest BCUT2D eigenvalue weighted by Gasteiger charge is 2.36. The fourth-order valence-electron chi connectivity index (χ4n) is 2.20. The van der Waals surface area contributed by atoms with Crippen LogP contribution in [0.5, 0.6) is 0 Å². The summed E-state index contributed by atoms with van der Waals surface area (Å²) in [4.78, 5) is -0.276. The Morgan fingerprint density at radius 2 is 2.15 bits per heavy atom. The zero-order valence-corrected chi connectivity index (χ0v) is 13.7. The van der Waals surface area contributed by atoms with E-state index >= 15 is 0 Å². The highest BCUT2D eigenvalue weighted by molar-refractivity contribution is 8.00. The third kappa shape index (κ3) is 2.98. The Morgan fingerprint density at radius 1 is 1.45 bits per heavy atom. The van der Waals surface area contributed by atoms with Crippen molar-refractivity contribution in [2.24, 2.45) is 0 Å². The number of benzene rings is 1. The van der Waals surface area contributed by atoms with Crippen LogP contribution in [-0.4, -0.2) is 36.3 Å². The molecule has 2 atom stereocenters. The van der Waals surface area contributed by atoms with Crippen molar-refractivity contribution in [3.05, 3.63) is 29.6 Å². The molecule has 0 amide bonds. The van der Waals surface area contributed by atoms with E-state index in [9.17, 15) is 12.8 Å². The van der Waals surface area contributed by atoms with Crippen molar-refractivity contribution >= 4 is 33.4 Å². The van der Waals surface area contributed by atoms with Gasteiger partial charge >= 0.3 is 0 Å². The summed E-state index contributed by atoms with van der Waals surface area (Å²) in [5.74, 6) is 0.156. The van der Waals surface area contributed by atoms with Gasteiger partial charge in [-0.1, -0.05) is 13.0 Å². The molecule has 0 N–H and O–H groups in total. The lowest BCUT2D eigenvalue weighted by Gasteiger charge is -2.36. The van der Waals surface area contributed by atoms with Crippen molar-refractivity contribution in [1.29, 1.82) is 0 Å². The monoisotopic (exact) mass is 337 g/mol. The standard InChI is InChI=1S/C13H17ClFNO2S2/c1-9-10(2)19-6-5-16(9)20(17,18)13-7-11(8-14)3-4-12(13)15/h3-4,7,9-10H,5-6,8H2,1-2H3. The maximum atomic E-state index is 13.9. The Hall–Kier alpha value is -0.300. The first-order chi connectivity index (χ1) is 9.37.